The monoisotopic (exact) mass is 531 g/mol. The number of amides is 1. The highest BCUT2D eigenvalue weighted by atomic mass is 32.2. The number of ether oxygens (including phenoxy) is 2. The van der Waals surface area contributed by atoms with E-state index in [2.05, 4.69) is 16.7 Å². The number of hydrogen-bond donors (Lipinski definition) is 2. The van der Waals surface area contributed by atoms with Gasteiger partial charge in [-0.2, -0.15) is 5.26 Å². The number of carbonyl (C=O) groups excluding carboxylic acids is 3. The van der Waals surface area contributed by atoms with Crippen molar-refractivity contribution in [2.45, 2.75) is 32.6 Å². The van der Waals surface area contributed by atoms with Crippen LogP contribution in [0.4, 0.5) is 5.69 Å². The van der Waals surface area contributed by atoms with Crippen LogP contribution in [0.1, 0.15) is 48.5 Å². The van der Waals surface area contributed by atoms with E-state index in [1.165, 1.54) is 18.9 Å². The van der Waals surface area contributed by atoms with Crippen LogP contribution < -0.4 is 15.4 Å². The van der Waals surface area contributed by atoms with Crippen LogP contribution in [-0.2, 0) is 14.3 Å². The predicted octanol–water partition coefficient (Wildman–Crippen LogP) is 4.92. The average Bonchev–Trinajstić information content (AvgIpc) is 2.90. The molecule has 0 spiro atoms. The molecule has 0 unspecified atom stereocenters. The Kier molecular flexibility index (Phi) is 7.93. The first-order valence-electron chi connectivity index (χ1n) is 12.1. The van der Waals surface area contributed by atoms with Gasteiger partial charge in [-0.1, -0.05) is 49.9 Å². The van der Waals surface area contributed by atoms with Gasteiger partial charge in [-0.15, -0.1) is 0 Å². The number of nitriles is 1. The van der Waals surface area contributed by atoms with Crippen molar-refractivity contribution in [2.75, 3.05) is 25.3 Å². The molecule has 1 amide bonds. The number of hydrogen-bond acceptors (Lipinski definition) is 8. The number of ketones is 1. The zero-order valence-corrected chi connectivity index (χ0v) is 22.5. The van der Waals surface area contributed by atoms with Crippen LogP contribution in [0.15, 0.2) is 70.4 Å². The summed E-state index contributed by atoms with van der Waals surface area (Å²) in [5, 5.41) is 16.8. The smallest absolute Gasteiger partial charge is 0.339 e. The summed E-state index contributed by atoms with van der Waals surface area (Å²) < 4.78 is 10.1. The molecule has 0 aromatic heterocycles. The molecule has 2 N–H and O–H groups in total. The maximum absolute atomic E-state index is 13.3. The molecule has 38 heavy (non-hydrogen) atoms. The zero-order chi connectivity index (χ0) is 27.4. The standard InChI is InChI=1S/C29H29N3O5S/c1-29(2)13-22-26(23(33)14-29)25(17-9-11-18(36-3)12-10-17)20(15-30)27(32-22)38-16-24(34)31-21-8-6-5-7-19(21)28(35)37-4/h5-12,25,32H,13-14,16H2,1-4H3,(H,31,34)/t25-/m1/s1. The Balaban J connectivity index is 1.64. The average molecular weight is 532 g/mol. The fourth-order valence-corrected chi connectivity index (χ4v) is 5.69. The molecule has 0 saturated carbocycles. The van der Waals surface area contributed by atoms with Crippen molar-refractivity contribution in [3.8, 4) is 11.8 Å². The fourth-order valence-electron chi connectivity index (χ4n) is 4.82. The van der Waals surface area contributed by atoms with Crippen LogP contribution in [-0.4, -0.2) is 37.6 Å². The minimum atomic E-state index is -0.552. The molecule has 1 aliphatic carbocycles. The van der Waals surface area contributed by atoms with E-state index in [9.17, 15) is 19.6 Å². The Labute approximate surface area is 226 Å². The quantitative estimate of drug-likeness (QED) is 0.484. The molecule has 9 heteroatoms. The molecule has 0 bridgehead atoms. The number of thioether (sulfide) groups is 1. The molecule has 0 fully saturated rings. The van der Waals surface area contributed by atoms with Gasteiger partial charge in [0.25, 0.3) is 0 Å². The first-order valence-corrected chi connectivity index (χ1v) is 13.1. The Hall–Kier alpha value is -4.03. The summed E-state index contributed by atoms with van der Waals surface area (Å²) in [5.41, 5.74) is 2.93. The molecule has 1 heterocycles. The molecule has 1 aliphatic heterocycles. The SMILES string of the molecule is COC(=O)c1ccccc1NC(=O)CSC1=C(C#N)[C@@H](c2ccc(OC)cc2)C2=C(CC(C)(C)CC2=O)N1. The normalized spacial score (nSPS) is 18.2. The van der Waals surface area contributed by atoms with Crippen molar-refractivity contribution >= 4 is 35.1 Å². The number of esters is 1. The number of benzene rings is 2. The van der Waals surface area contributed by atoms with Gasteiger partial charge in [0.15, 0.2) is 5.78 Å². The third-order valence-electron chi connectivity index (χ3n) is 6.53. The van der Waals surface area contributed by atoms with Gasteiger partial charge >= 0.3 is 5.97 Å². The summed E-state index contributed by atoms with van der Waals surface area (Å²) in [6.07, 6.45) is 1.03. The van der Waals surface area contributed by atoms with E-state index < -0.39 is 11.9 Å². The van der Waals surface area contributed by atoms with Gasteiger partial charge in [-0.3, -0.25) is 9.59 Å². The van der Waals surface area contributed by atoms with Crippen molar-refractivity contribution in [3.63, 3.8) is 0 Å². The third-order valence-corrected chi connectivity index (χ3v) is 7.55. The van der Waals surface area contributed by atoms with Gasteiger partial charge in [0.2, 0.25) is 5.91 Å². The molecule has 4 rings (SSSR count). The van der Waals surface area contributed by atoms with Crippen molar-refractivity contribution in [1.82, 2.24) is 5.32 Å². The van der Waals surface area contributed by atoms with Crippen LogP contribution >= 0.6 is 11.8 Å². The van der Waals surface area contributed by atoms with Crippen LogP contribution in [0.5, 0.6) is 5.75 Å². The maximum atomic E-state index is 13.3. The van der Waals surface area contributed by atoms with Crippen molar-refractivity contribution in [3.05, 3.63) is 81.5 Å². The van der Waals surface area contributed by atoms with Gasteiger partial charge in [-0.25, -0.2) is 4.79 Å². The predicted molar refractivity (Wildman–Crippen MR) is 145 cm³/mol. The second kappa shape index (κ2) is 11.2. The Bertz CT molecular complexity index is 1390. The van der Waals surface area contributed by atoms with E-state index in [0.717, 1.165) is 11.3 Å². The number of methoxy groups -OCH3 is 2. The summed E-state index contributed by atoms with van der Waals surface area (Å²) in [5.74, 6) is -0.774. The van der Waals surface area contributed by atoms with E-state index in [0.29, 0.717) is 40.5 Å². The molecule has 0 saturated heterocycles. The number of dihydropyridines is 1. The number of nitrogens with zero attached hydrogens (tertiary/aromatic N) is 1. The van der Waals surface area contributed by atoms with E-state index >= 15 is 0 Å². The van der Waals surface area contributed by atoms with Crippen LogP contribution in [0.25, 0.3) is 0 Å². The molecule has 8 nitrogen and oxygen atoms in total. The summed E-state index contributed by atoms with van der Waals surface area (Å²) in [4.78, 5) is 38.3. The maximum Gasteiger partial charge on any atom is 0.339 e. The lowest BCUT2D eigenvalue weighted by atomic mass is 9.69. The molecule has 0 radical (unpaired) electrons. The van der Waals surface area contributed by atoms with E-state index in [4.69, 9.17) is 9.47 Å². The molecule has 196 valence electrons. The first kappa shape index (κ1) is 27.0. The number of nitrogens with one attached hydrogen (secondary N) is 2. The molecule has 2 aliphatic rings. The number of allylic oxidation sites excluding steroid dienone is 3. The molecular formula is C29H29N3O5S. The fraction of sp³-hybridized carbons (Fsp3) is 0.310. The third kappa shape index (κ3) is 5.60. The summed E-state index contributed by atoms with van der Waals surface area (Å²) in [6, 6.07) is 16.2. The lowest BCUT2D eigenvalue weighted by Crippen LogP contribution is -2.37. The number of carbonyl (C=O) groups is 3. The largest absolute Gasteiger partial charge is 0.497 e. The van der Waals surface area contributed by atoms with Gasteiger partial charge in [0, 0.05) is 17.7 Å². The van der Waals surface area contributed by atoms with E-state index in [-0.39, 0.29) is 28.4 Å². The highest BCUT2D eigenvalue weighted by Crippen LogP contribution is 2.48. The van der Waals surface area contributed by atoms with Crippen LogP contribution in [0.2, 0.25) is 0 Å². The Morgan fingerprint density at radius 2 is 1.84 bits per heavy atom. The summed E-state index contributed by atoms with van der Waals surface area (Å²) >= 11 is 1.19. The van der Waals surface area contributed by atoms with Gasteiger partial charge in [0.1, 0.15) is 5.75 Å². The minimum Gasteiger partial charge on any atom is -0.497 e. The van der Waals surface area contributed by atoms with Crippen molar-refractivity contribution in [2.24, 2.45) is 5.41 Å². The highest BCUT2D eigenvalue weighted by Gasteiger charge is 2.42. The number of para-hydroxylation sites is 1. The second-order valence-corrected chi connectivity index (χ2v) is 10.9. The molecule has 1 atom stereocenters. The number of anilines is 1. The van der Waals surface area contributed by atoms with Gasteiger partial charge < -0.3 is 20.1 Å². The van der Waals surface area contributed by atoms with E-state index in [1.54, 1.807) is 31.4 Å². The van der Waals surface area contributed by atoms with Crippen LogP contribution in [0, 0.1) is 16.7 Å². The van der Waals surface area contributed by atoms with Gasteiger partial charge in [-0.05, 0) is 41.7 Å². The first-order chi connectivity index (χ1) is 18.2. The molecular weight excluding hydrogens is 502 g/mol. The summed E-state index contributed by atoms with van der Waals surface area (Å²) in [6.45, 7) is 4.09. The highest BCUT2D eigenvalue weighted by molar-refractivity contribution is 8.03. The Morgan fingerprint density at radius 3 is 2.50 bits per heavy atom. The van der Waals surface area contributed by atoms with Crippen LogP contribution in [0.3, 0.4) is 0 Å². The zero-order valence-electron chi connectivity index (χ0n) is 21.7. The lowest BCUT2D eigenvalue weighted by molar-refractivity contribution is -0.118. The lowest BCUT2D eigenvalue weighted by Gasteiger charge is -2.39. The minimum absolute atomic E-state index is 0.0125. The summed E-state index contributed by atoms with van der Waals surface area (Å²) in [7, 11) is 2.86. The Morgan fingerprint density at radius 1 is 1.13 bits per heavy atom. The van der Waals surface area contributed by atoms with Crippen molar-refractivity contribution < 1.29 is 23.9 Å². The molecule has 2 aromatic carbocycles. The van der Waals surface area contributed by atoms with Gasteiger partial charge in [0.05, 0.1) is 53.8 Å². The number of rotatable bonds is 7. The van der Waals surface area contributed by atoms with E-state index in [1.807, 2.05) is 38.1 Å². The molecule has 2 aromatic rings. The second-order valence-electron chi connectivity index (χ2n) is 9.89. The number of Topliss-reactive ketones (excluding diaryl/α,β-unsaturated/α-hetero) is 1. The topological polar surface area (TPSA) is 118 Å². The van der Waals surface area contributed by atoms with Crippen molar-refractivity contribution in [1.29, 1.82) is 5.26 Å².